The molecule has 0 aliphatic rings. The van der Waals surface area contributed by atoms with E-state index in [9.17, 15) is 0 Å². The molecule has 0 fully saturated rings. The van der Waals surface area contributed by atoms with Gasteiger partial charge >= 0.3 is 0 Å². The van der Waals surface area contributed by atoms with Gasteiger partial charge in [-0.15, -0.1) is 0 Å². The second-order valence-electron chi connectivity index (χ2n) is 4.04. The van der Waals surface area contributed by atoms with Gasteiger partial charge in [0.15, 0.2) is 0 Å². The molecule has 3 aromatic rings. The summed E-state index contributed by atoms with van der Waals surface area (Å²) in [5.74, 6) is 0. The van der Waals surface area contributed by atoms with Gasteiger partial charge in [0, 0.05) is 35.6 Å². The molecule has 0 radical (unpaired) electrons. The number of anilines is 1. The van der Waals surface area contributed by atoms with Crippen molar-refractivity contribution in [2.45, 2.75) is 6.54 Å². The first-order valence-corrected chi connectivity index (χ1v) is 5.68. The quantitative estimate of drug-likeness (QED) is 0.735. The number of rotatable bonds is 4. The van der Waals surface area contributed by atoms with E-state index >= 15 is 0 Å². The van der Waals surface area contributed by atoms with E-state index in [0.29, 0.717) is 0 Å². The summed E-state index contributed by atoms with van der Waals surface area (Å²) in [4.78, 5) is 0. The fourth-order valence-electron chi connectivity index (χ4n) is 1.82. The Morgan fingerprint density at radius 1 is 1.39 bits per heavy atom. The Labute approximate surface area is 104 Å². The molecule has 3 rings (SSSR count). The smallest absolute Gasteiger partial charge is 0.0670 e. The van der Waals surface area contributed by atoms with Crippen LogP contribution >= 0.6 is 0 Å². The van der Waals surface area contributed by atoms with Crippen molar-refractivity contribution in [2.24, 2.45) is 0 Å². The van der Waals surface area contributed by atoms with Crippen LogP contribution in [0.15, 0.2) is 43.4 Å². The van der Waals surface area contributed by atoms with Gasteiger partial charge in [0.05, 0.1) is 17.9 Å². The molecule has 0 bridgehead atoms. The molecular weight excluding hydrogens is 226 g/mol. The highest BCUT2D eigenvalue weighted by atomic mass is 15.2. The molecule has 0 saturated heterocycles. The van der Waals surface area contributed by atoms with Crippen LogP contribution in [0.4, 0.5) is 5.69 Å². The Hall–Kier alpha value is -2.56. The normalized spacial score (nSPS) is 10.7. The summed E-state index contributed by atoms with van der Waals surface area (Å²) >= 11 is 0. The van der Waals surface area contributed by atoms with Crippen LogP contribution in [-0.4, -0.2) is 20.0 Å². The van der Waals surface area contributed by atoms with E-state index < -0.39 is 0 Å². The summed E-state index contributed by atoms with van der Waals surface area (Å²) in [6, 6.07) is 6.12. The average Bonchev–Trinajstić information content (AvgIpc) is 3.04. The van der Waals surface area contributed by atoms with E-state index in [1.807, 2.05) is 36.8 Å². The molecule has 18 heavy (non-hydrogen) atoms. The molecule has 90 valence electrons. The number of H-pyrrole nitrogens is 1. The minimum absolute atomic E-state index is 0.730. The summed E-state index contributed by atoms with van der Waals surface area (Å²) in [5, 5.41) is 15.5. The first-order valence-electron chi connectivity index (χ1n) is 5.68. The zero-order valence-corrected chi connectivity index (χ0v) is 9.80. The Morgan fingerprint density at radius 2 is 2.33 bits per heavy atom. The molecule has 5 heteroatoms. The van der Waals surface area contributed by atoms with Gasteiger partial charge in [0.2, 0.25) is 0 Å². The number of aromatic amines is 1. The molecule has 0 saturated carbocycles. The van der Waals surface area contributed by atoms with Crippen molar-refractivity contribution in [2.75, 3.05) is 5.32 Å². The molecule has 0 spiro atoms. The molecule has 0 aliphatic carbocycles. The summed E-state index contributed by atoms with van der Waals surface area (Å²) in [6.45, 7) is 4.39. The summed E-state index contributed by atoms with van der Waals surface area (Å²) < 4.78 is 1.69. The fraction of sp³-hybridized carbons (Fsp3) is 0.0769. The molecule has 0 unspecified atom stereocenters. The standard InChI is InChI=1S/C13H13N5/c1-2-18-9-10(7-16-18)6-14-12-4-3-11-8-15-17-13(11)5-12/h2-5,7-9,14H,1,6H2,(H,15,17). The van der Waals surface area contributed by atoms with Crippen molar-refractivity contribution in [1.82, 2.24) is 20.0 Å². The van der Waals surface area contributed by atoms with Crippen LogP contribution < -0.4 is 5.32 Å². The van der Waals surface area contributed by atoms with Crippen molar-refractivity contribution in [3.63, 3.8) is 0 Å². The first-order chi connectivity index (χ1) is 8.85. The van der Waals surface area contributed by atoms with Crippen LogP contribution in [0.2, 0.25) is 0 Å². The van der Waals surface area contributed by atoms with E-state index in [0.717, 1.165) is 28.7 Å². The second-order valence-corrected chi connectivity index (χ2v) is 4.04. The lowest BCUT2D eigenvalue weighted by atomic mass is 10.2. The van der Waals surface area contributed by atoms with Gasteiger partial charge in [-0.2, -0.15) is 10.2 Å². The van der Waals surface area contributed by atoms with Crippen molar-refractivity contribution < 1.29 is 0 Å². The lowest BCUT2D eigenvalue weighted by molar-refractivity contribution is 0.936. The summed E-state index contributed by atoms with van der Waals surface area (Å²) in [5.41, 5.74) is 3.19. The molecule has 5 nitrogen and oxygen atoms in total. The summed E-state index contributed by atoms with van der Waals surface area (Å²) in [6.07, 6.45) is 7.24. The van der Waals surface area contributed by atoms with Crippen molar-refractivity contribution >= 4 is 22.8 Å². The van der Waals surface area contributed by atoms with Crippen molar-refractivity contribution in [3.8, 4) is 0 Å². The van der Waals surface area contributed by atoms with E-state index in [1.54, 1.807) is 10.9 Å². The number of fused-ring (bicyclic) bond motifs is 1. The Kier molecular flexibility index (Phi) is 2.57. The molecular formula is C13H13N5. The Balaban J connectivity index is 1.73. The van der Waals surface area contributed by atoms with Gasteiger partial charge in [-0.25, -0.2) is 4.68 Å². The highest BCUT2D eigenvalue weighted by Gasteiger charge is 1.99. The van der Waals surface area contributed by atoms with Gasteiger partial charge in [0.25, 0.3) is 0 Å². The van der Waals surface area contributed by atoms with Gasteiger partial charge < -0.3 is 5.32 Å². The lowest BCUT2D eigenvalue weighted by Crippen LogP contribution is -1.97. The third-order valence-electron chi connectivity index (χ3n) is 2.78. The molecule has 2 heterocycles. The van der Waals surface area contributed by atoms with Crippen LogP contribution in [0.3, 0.4) is 0 Å². The molecule has 2 aromatic heterocycles. The number of aromatic nitrogens is 4. The third-order valence-corrected chi connectivity index (χ3v) is 2.78. The van der Waals surface area contributed by atoms with Gasteiger partial charge in [-0.3, -0.25) is 5.10 Å². The van der Waals surface area contributed by atoms with Crippen LogP contribution in [0.5, 0.6) is 0 Å². The second kappa shape index (κ2) is 4.37. The fourth-order valence-corrected chi connectivity index (χ4v) is 1.82. The maximum atomic E-state index is 4.13. The lowest BCUT2D eigenvalue weighted by Gasteiger charge is -2.04. The number of nitrogens with zero attached hydrogens (tertiary/aromatic N) is 3. The molecule has 1 aromatic carbocycles. The maximum Gasteiger partial charge on any atom is 0.0670 e. The highest BCUT2D eigenvalue weighted by Crippen LogP contribution is 2.17. The molecule has 0 atom stereocenters. The van der Waals surface area contributed by atoms with Crippen molar-refractivity contribution in [3.05, 3.63) is 48.9 Å². The van der Waals surface area contributed by atoms with Crippen LogP contribution in [0, 0.1) is 0 Å². The van der Waals surface area contributed by atoms with E-state index in [4.69, 9.17) is 0 Å². The highest BCUT2D eigenvalue weighted by molar-refractivity contribution is 5.81. The number of nitrogens with one attached hydrogen (secondary N) is 2. The van der Waals surface area contributed by atoms with Gasteiger partial charge in [0.1, 0.15) is 0 Å². The largest absolute Gasteiger partial charge is 0.381 e. The minimum Gasteiger partial charge on any atom is -0.381 e. The zero-order valence-electron chi connectivity index (χ0n) is 9.80. The minimum atomic E-state index is 0.730. The Bertz CT molecular complexity index is 679. The molecule has 0 aliphatic heterocycles. The van der Waals surface area contributed by atoms with Gasteiger partial charge in [-0.05, 0) is 18.2 Å². The number of hydrogen-bond donors (Lipinski definition) is 2. The molecule has 0 amide bonds. The number of hydrogen-bond acceptors (Lipinski definition) is 3. The maximum absolute atomic E-state index is 4.13. The SMILES string of the molecule is C=Cn1cc(CNc2ccc3cn[nH]c3c2)cn1. The molecule has 2 N–H and O–H groups in total. The monoisotopic (exact) mass is 239 g/mol. The third kappa shape index (κ3) is 1.98. The first kappa shape index (κ1) is 10.6. The zero-order chi connectivity index (χ0) is 12.4. The van der Waals surface area contributed by atoms with E-state index in [-0.39, 0.29) is 0 Å². The van der Waals surface area contributed by atoms with Crippen LogP contribution in [0.1, 0.15) is 5.56 Å². The van der Waals surface area contributed by atoms with Gasteiger partial charge in [-0.1, -0.05) is 6.58 Å². The Morgan fingerprint density at radius 3 is 3.17 bits per heavy atom. The topological polar surface area (TPSA) is 58.5 Å². The average molecular weight is 239 g/mol. The predicted molar refractivity (Wildman–Crippen MR) is 72.0 cm³/mol. The van der Waals surface area contributed by atoms with Crippen LogP contribution in [0.25, 0.3) is 17.1 Å². The number of benzene rings is 1. The predicted octanol–water partition coefficient (Wildman–Crippen LogP) is 2.47. The van der Waals surface area contributed by atoms with E-state index in [1.165, 1.54) is 0 Å². The van der Waals surface area contributed by atoms with E-state index in [2.05, 4.69) is 27.2 Å². The van der Waals surface area contributed by atoms with Crippen LogP contribution in [-0.2, 0) is 6.54 Å². The summed E-state index contributed by atoms with van der Waals surface area (Å²) in [7, 11) is 0. The van der Waals surface area contributed by atoms with Crippen molar-refractivity contribution in [1.29, 1.82) is 0 Å².